The normalized spacial score (nSPS) is 15.8. The topological polar surface area (TPSA) is 125 Å². The van der Waals surface area contributed by atoms with Gasteiger partial charge in [-0.2, -0.15) is 13.2 Å². The molecule has 0 radical (unpaired) electrons. The monoisotopic (exact) mass is 532 g/mol. The summed E-state index contributed by atoms with van der Waals surface area (Å²) < 4.78 is 56.6. The number of carboxylic acids is 1. The Morgan fingerprint density at radius 1 is 1.11 bits per heavy atom. The van der Waals surface area contributed by atoms with Gasteiger partial charge in [0, 0.05) is 6.20 Å². The van der Waals surface area contributed by atoms with Crippen molar-refractivity contribution < 1.29 is 41.2 Å². The molecule has 2 N–H and O–H groups in total. The second-order valence-electron chi connectivity index (χ2n) is 7.64. The largest absolute Gasteiger partial charge is 0.542 e. The van der Waals surface area contributed by atoms with Crippen molar-refractivity contribution in [3.63, 3.8) is 0 Å². The van der Waals surface area contributed by atoms with Crippen molar-refractivity contribution in [2.45, 2.75) is 12.7 Å². The minimum absolute atomic E-state index is 0.188. The third-order valence-corrected chi connectivity index (χ3v) is 7.11. The molecule has 14 heteroatoms. The van der Waals surface area contributed by atoms with Crippen molar-refractivity contribution in [1.29, 1.82) is 0 Å². The highest BCUT2D eigenvalue weighted by atomic mass is 35.5. The van der Waals surface area contributed by atoms with Gasteiger partial charge >= 0.3 is 6.18 Å². The SMILES string of the molecule is O=C(Nc1ccccc1Cl)c1nc(C[NH+]2CCS(=O)(=O)CC2)c2ccccn12.O=C([O-])C(F)(F)F. The number of fused-ring (bicyclic) bond motifs is 1. The summed E-state index contributed by atoms with van der Waals surface area (Å²) in [4.78, 5) is 27.3. The summed E-state index contributed by atoms with van der Waals surface area (Å²) in [5.41, 5.74) is 2.14. The number of hydrogen-bond acceptors (Lipinski definition) is 6. The predicted octanol–water partition coefficient (Wildman–Crippen LogP) is 0.352. The van der Waals surface area contributed by atoms with E-state index in [-0.39, 0.29) is 23.2 Å². The van der Waals surface area contributed by atoms with Gasteiger partial charge in [0.15, 0.2) is 9.84 Å². The molecule has 0 atom stereocenters. The van der Waals surface area contributed by atoms with E-state index in [0.717, 1.165) is 16.1 Å². The second kappa shape index (κ2) is 10.6. The third kappa shape index (κ3) is 6.93. The highest BCUT2D eigenvalue weighted by Gasteiger charge is 2.29. The van der Waals surface area contributed by atoms with Gasteiger partial charge < -0.3 is 20.1 Å². The molecule has 0 unspecified atom stereocenters. The van der Waals surface area contributed by atoms with Crippen LogP contribution in [0.1, 0.15) is 16.3 Å². The number of aromatic nitrogens is 2. The lowest BCUT2D eigenvalue weighted by molar-refractivity contribution is -0.910. The van der Waals surface area contributed by atoms with Crippen LogP contribution in [0.25, 0.3) is 5.52 Å². The number of hydrogen-bond donors (Lipinski definition) is 2. The average molecular weight is 533 g/mol. The van der Waals surface area contributed by atoms with Crippen molar-refractivity contribution in [3.05, 3.63) is 65.2 Å². The number of carbonyl (C=O) groups excluding carboxylic acids is 2. The molecular weight excluding hydrogens is 513 g/mol. The van der Waals surface area contributed by atoms with E-state index in [1.54, 1.807) is 34.9 Å². The maximum Gasteiger partial charge on any atom is 0.430 e. The number of quaternary nitrogens is 1. The molecule has 1 aliphatic rings. The zero-order chi connectivity index (χ0) is 25.8. The van der Waals surface area contributed by atoms with E-state index < -0.39 is 22.0 Å². The molecule has 1 amide bonds. The minimum Gasteiger partial charge on any atom is -0.542 e. The van der Waals surface area contributed by atoms with Gasteiger partial charge in [-0.05, 0) is 24.3 Å². The third-order valence-electron chi connectivity index (χ3n) is 5.13. The summed E-state index contributed by atoms with van der Waals surface area (Å²) in [7, 11) is -2.92. The Morgan fingerprint density at radius 2 is 1.71 bits per heavy atom. The van der Waals surface area contributed by atoms with Gasteiger partial charge in [-0.15, -0.1) is 0 Å². The number of nitrogens with zero attached hydrogens (tertiary/aromatic N) is 2. The Balaban J connectivity index is 0.000000429. The van der Waals surface area contributed by atoms with Gasteiger partial charge in [0.2, 0.25) is 5.82 Å². The minimum atomic E-state index is -5.19. The molecule has 188 valence electrons. The van der Waals surface area contributed by atoms with E-state index in [0.29, 0.717) is 30.3 Å². The van der Waals surface area contributed by atoms with E-state index in [1.807, 2.05) is 18.2 Å². The van der Waals surface area contributed by atoms with Crippen LogP contribution >= 0.6 is 11.6 Å². The van der Waals surface area contributed by atoms with E-state index in [9.17, 15) is 26.4 Å². The van der Waals surface area contributed by atoms with Crippen LogP contribution in [0.15, 0.2) is 48.7 Å². The van der Waals surface area contributed by atoms with Gasteiger partial charge in [0.05, 0.1) is 40.8 Å². The maximum absolute atomic E-state index is 12.8. The molecule has 2 aromatic heterocycles. The molecule has 1 fully saturated rings. The van der Waals surface area contributed by atoms with Crippen molar-refractivity contribution in [3.8, 4) is 0 Å². The van der Waals surface area contributed by atoms with E-state index in [2.05, 4.69) is 10.3 Å². The Morgan fingerprint density at radius 3 is 2.31 bits per heavy atom. The maximum atomic E-state index is 12.8. The first-order chi connectivity index (χ1) is 16.4. The van der Waals surface area contributed by atoms with Crippen LogP contribution in [0, 0.1) is 0 Å². The number of anilines is 1. The van der Waals surface area contributed by atoms with Crippen LogP contribution in [0.3, 0.4) is 0 Å². The van der Waals surface area contributed by atoms with Crippen LogP contribution in [0.4, 0.5) is 18.9 Å². The number of benzene rings is 1. The number of sulfone groups is 1. The lowest BCUT2D eigenvalue weighted by Crippen LogP contribution is -3.13. The van der Waals surface area contributed by atoms with E-state index in [4.69, 9.17) is 21.5 Å². The number of nitrogens with one attached hydrogen (secondary N) is 2. The van der Waals surface area contributed by atoms with Gasteiger partial charge in [-0.1, -0.05) is 29.8 Å². The number of alkyl halides is 3. The molecule has 0 spiro atoms. The molecule has 3 heterocycles. The summed E-state index contributed by atoms with van der Waals surface area (Å²) in [5, 5.41) is 12.0. The number of halogens is 4. The van der Waals surface area contributed by atoms with Gasteiger partial charge in [-0.3, -0.25) is 9.20 Å². The highest BCUT2D eigenvalue weighted by molar-refractivity contribution is 7.91. The summed E-state index contributed by atoms with van der Waals surface area (Å²) >= 11 is 6.14. The van der Waals surface area contributed by atoms with Gasteiger partial charge in [0.1, 0.15) is 18.2 Å². The van der Waals surface area contributed by atoms with Crippen LogP contribution in [0.5, 0.6) is 0 Å². The average Bonchev–Trinajstić information content (AvgIpc) is 3.15. The number of imidazole rings is 1. The Hall–Kier alpha value is -3.16. The van der Waals surface area contributed by atoms with Crippen molar-refractivity contribution >= 4 is 44.5 Å². The van der Waals surface area contributed by atoms with E-state index >= 15 is 0 Å². The summed E-state index contributed by atoms with van der Waals surface area (Å²) in [6, 6.07) is 12.7. The summed E-state index contributed by atoms with van der Waals surface area (Å²) in [5.74, 6) is -2.71. The summed E-state index contributed by atoms with van der Waals surface area (Å²) in [6.07, 6.45) is -3.40. The first-order valence-corrected chi connectivity index (χ1v) is 12.4. The van der Waals surface area contributed by atoms with E-state index in [1.165, 1.54) is 0 Å². The lowest BCUT2D eigenvalue weighted by atomic mass is 10.3. The van der Waals surface area contributed by atoms with Crippen LogP contribution < -0.4 is 15.3 Å². The zero-order valence-electron chi connectivity index (χ0n) is 18.0. The molecule has 9 nitrogen and oxygen atoms in total. The fourth-order valence-electron chi connectivity index (χ4n) is 3.37. The number of carboxylic acid groups (broad SMARTS) is 1. The Kier molecular flexibility index (Phi) is 8.03. The molecule has 0 saturated carbocycles. The number of rotatable bonds is 4. The second-order valence-corrected chi connectivity index (χ2v) is 10.3. The fraction of sp³-hybridized carbons (Fsp3) is 0.286. The first kappa shape index (κ1) is 26.4. The molecule has 1 aliphatic heterocycles. The molecular formula is C21H20ClF3N4O5S. The number of para-hydroxylation sites is 1. The molecule has 0 bridgehead atoms. The quantitative estimate of drug-likeness (QED) is 0.500. The summed E-state index contributed by atoms with van der Waals surface area (Å²) in [6.45, 7) is 1.67. The van der Waals surface area contributed by atoms with Crippen LogP contribution in [0.2, 0.25) is 5.02 Å². The highest BCUT2D eigenvalue weighted by Crippen LogP contribution is 2.22. The number of aliphatic carboxylic acids is 1. The fourth-order valence-corrected chi connectivity index (χ4v) is 4.96. The molecule has 4 rings (SSSR count). The molecule has 3 aromatic rings. The Labute approximate surface area is 203 Å². The number of carbonyl (C=O) groups is 2. The van der Waals surface area contributed by atoms with Gasteiger partial charge in [0.25, 0.3) is 5.91 Å². The zero-order valence-corrected chi connectivity index (χ0v) is 19.6. The molecule has 1 aromatic carbocycles. The number of pyridine rings is 1. The molecule has 0 aliphatic carbocycles. The van der Waals surface area contributed by atoms with Crippen LogP contribution in [-0.2, 0) is 21.2 Å². The number of amides is 1. The lowest BCUT2D eigenvalue weighted by Gasteiger charge is -2.22. The van der Waals surface area contributed by atoms with Crippen molar-refractivity contribution in [2.24, 2.45) is 0 Å². The van der Waals surface area contributed by atoms with Crippen LogP contribution in [-0.4, -0.2) is 60.5 Å². The smallest absolute Gasteiger partial charge is 0.430 e. The van der Waals surface area contributed by atoms with Gasteiger partial charge in [-0.25, -0.2) is 13.4 Å². The first-order valence-electron chi connectivity index (χ1n) is 10.2. The van der Waals surface area contributed by atoms with Crippen molar-refractivity contribution in [2.75, 3.05) is 29.9 Å². The molecule has 1 saturated heterocycles. The van der Waals surface area contributed by atoms with Crippen molar-refractivity contribution in [1.82, 2.24) is 9.38 Å². The Bertz CT molecular complexity index is 1330. The predicted molar refractivity (Wildman–Crippen MR) is 119 cm³/mol. The molecule has 35 heavy (non-hydrogen) atoms. The standard InChI is InChI=1S/C19H19ClN4O3S.C2HF3O2/c20-14-5-1-2-6-15(14)22-19(25)18-21-16(17-7-3-4-8-24(17)18)13-23-9-11-28(26,27)12-10-23;3-2(4,5)1(6)7/h1-8H,9-13H2,(H,22,25);(H,6,7).